The molecule has 0 unspecified atom stereocenters. The second-order valence-electron chi connectivity index (χ2n) is 12.1. The molecule has 0 aliphatic heterocycles. The summed E-state index contributed by atoms with van der Waals surface area (Å²) in [6.45, 7) is 0. The van der Waals surface area contributed by atoms with Gasteiger partial charge in [-0.2, -0.15) is 0 Å². The van der Waals surface area contributed by atoms with Gasteiger partial charge in [-0.15, -0.1) is 0 Å². The van der Waals surface area contributed by atoms with Crippen molar-refractivity contribution in [3.8, 4) is 62.1 Å². The molecule has 9 rings (SSSR count). The van der Waals surface area contributed by atoms with Crippen molar-refractivity contribution < 1.29 is 0 Å². The molecule has 4 nitrogen and oxygen atoms in total. The van der Waals surface area contributed by atoms with Gasteiger partial charge in [-0.1, -0.05) is 158 Å². The lowest BCUT2D eigenvalue weighted by Crippen LogP contribution is -2.00. The van der Waals surface area contributed by atoms with E-state index in [1.165, 1.54) is 21.9 Å². The molecule has 4 heteroatoms. The normalized spacial score (nSPS) is 11.3. The van der Waals surface area contributed by atoms with Crippen LogP contribution in [0.5, 0.6) is 0 Å². The second-order valence-corrected chi connectivity index (χ2v) is 12.1. The van der Waals surface area contributed by atoms with Crippen molar-refractivity contribution in [2.75, 3.05) is 0 Å². The molecule has 49 heavy (non-hydrogen) atoms. The van der Waals surface area contributed by atoms with Crippen LogP contribution in [0.3, 0.4) is 0 Å². The lowest BCUT2D eigenvalue weighted by molar-refractivity contribution is 1.07. The summed E-state index contributed by atoms with van der Waals surface area (Å²) in [5, 5.41) is 2.40. The van der Waals surface area contributed by atoms with Gasteiger partial charge >= 0.3 is 0 Å². The number of hydrogen-bond donors (Lipinski definition) is 0. The van der Waals surface area contributed by atoms with Crippen LogP contribution < -0.4 is 0 Å². The van der Waals surface area contributed by atoms with E-state index in [9.17, 15) is 0 Å². The van der Waals surface area contributed by atoms with Gasteiger partial charge in [0.1, 0.15) is 0 Å². The van der Waals surface area contributed by atoms with Gasteiger partial charge in [0.05, 0.1) is 11.0 Å². The van der Waals surface area contributed by atoms with Crippen LogP contribution >= 0.6 is 0 Å². The highest BCUT2D eigenvalue weighted by Gasteiger charge is 2.17. The Kier molecular flexibility index (Phi) is 7.10. The lowest BCUT2D eigenvalue weighted by Gasteiger charge is -2.11. The second kappa shape index (κ2) is 12.2. The van der Waals surface area contributed by atoms with E-state index in [2.05, 4.69) is 174 Å². The van der Waals surface area contributed by atoms with E-state index >= 15 is 0 Å². The first-order valence-corrected chi connectivity index (χ1v) is 16.5. The number of nitrogens with zero attached hydrogens (tertiary/aromatic N) is 4. The minimum atomic E-state index is 0.631. The highest BCUT2D eigenvalue weighted by atomic mass is 15.0. The Hall–Kier alpha value is -6.65. The van der Waals surface area contributed by atoms with E-state index in [4.69, 9.17) is 15.0 Å². The Morgan fingerprint density at radius 1 is 0.286 bits per heavy atom. The molecule has 7 aromatic carbocycles. The molecule has 2 heterocycles. The molecule has 9 aromatic rings. The zero-order valence-corrected chi connectivity index (χ0v) is 26.6. The minimum Gasteiger partial charge on any atom is -0.309 e. The topological polar surface area (TPSA) is 43.6 Å². The zero-order valence-electron chi connectivity index (χ0n) is 26.6. The maximum atomic E-state index is 5.10. The number of fused-ring (bicyclic) bond motifs is 3. The van der Waals surface area contributed by atoms with Crippen molar-refractivity contribution >= 4 is 21.8 Å². The number of aromatic nitrogens is 4. The molecule has 0 atom stereocenters. The van der Waals surface area contributed by atoms with Crippen LogP contribution in [0.1, 0.15) is 0 Å². The average molecular weight is 627 g/mol. The molecule has 0 saturated carbocycles. The van der Waals surface area contributed by atoms with E-state index in [1.54, 1.807) is 0 Å². The highest BCUT2D eigenvalue weighted by molar-refractivity contribution is 6.10. The Balaban J connectivity index is 1.20. The molecule has 0 N–H and O–H groups in total. The van der Waals surface area contributed by atoms with Crippen LogP contribution in [0, 0.1) is 0 Å². The van der Waals surface area contributed by atoms with Crippen molar-refractivity contribution in [3.05, 3.63) is 182 Å². The van der Waals surface area contributed by atoms with Crippen LogP contribution in [0.15, 0.2) is 182 Å². The van der Waals surface area contributed by atoms with E-state index in [0.29, 0.717) is 17.5 Å². The Labute approximate surface area is 284 Å². The quantitative estimate of drug-likeness (QED) is 0.184. The van der Waals surface area contributed by atoms with Gasteiger partial charge in [0.15, 0.2) is 17.5 Å². The van der Waals surface area contributed by atoms with Crippen molar-refractivity contribution in [1.29, 1.82) is 0 Å². The fourth-order valence-corrected chi connectivity index (χ4v) is 6.61. The summed E-state index contributed by atoms with van der Waals surface area (Å²) < 4.78 is 2.32. The van der Waals surface area contributed by atoms with E-state index in [1.807, 2.05) is 12.1 Å². The number of rotatable bonds is 6. The number of para-hydroxylation sites is 2. The molecule has 0 aliphatic rings. The summed E-state index contributed by atoms with van der Waals surface area (Å²) in [7, 11) is 0. The standard InChI is InChI=1S/C45H30N4/c1-4-12-31(13-5-1)33-20-24-35(25-21-33)43-46-44(36-26-22-34(23-27-36)32-14-6-2-7-15-32)48-45(47-43)37-28-29-40-39-18-10-11-19-41(39)49(42(40)30-37)38-16-8-3-9-17-38/h1-30H. The van der Waals surface area contributed by atoms with Crippen LogP contribution in [-0.4, -0.2) is 19.5 Å². The third-order valence-electron chi connectivity index (χ3n) is 9.08. The van der Waals surface area contributed by atoms with Crippen molar-refractivity contribution in [3.63, 3.8) is 0 Å². The lowest BCUT2D eigenvalue weighted by atomic mass is 10.0. The van der Waals surface area contributed by atoms with Crippen molar-refractivity contribution in [2.45, 2.75) is 0 Å². The Bertz CT molecular complexity index is 2450. The van der Waals surface area contributed by atoms with E-state index in [0.717, 1.165) is 44.5 Å². The molecule has 0 aliphatic carbocycles. The molecule has 2 aromatic heterocycles. The molecule has 0 saturated heterocycles. The van der Waals surface area contributed by atoms with Crippen molar-refractivity contribution in [2.24, 2.45) is 0 Å². The Morgan fingerprint density at radius 3 is 1.22 bits per heavy atom. The first-order chi connectivity index (χ1) is 24.3. The molecule has 0 radical (unpaired) electrons. The van der Waals surface area contributed by atoms with Gasteiger partial charge in [0, 0.05) is 33.2 Å². The zero-order chi connectivity index (χ0) is 32.6. The first kappa shape index (κ1) is 28.6. The van der Waals surface area contributed by atoms with Gasteiger partial charge < -0.3 is 4.57 Å². The summed E-state index contributed by atoms with van der Waals surface area (Å²) >= 11 is 0. The molecule has 230 valence electrons. The molecule has 0 amide bonds. The molecule has 0 fully saturated rings. The summed E-state index contributed by atoms with van der Waals surface area (Å²) in [4.78, 5) is 15.2. The maximum Gasteiger partial charge on any atom is 0.164 e. The highest BCUT2D eigenvalue weighted by Crippen LogP contribution is 2.35. The smallest absolute Gasteiger partial charge is 0.164 e. The van der Waals surface area contributed by atoms with Gasteiger partial charge in [-0.3, -0.25) is 0 Å². The van der Waals surface area contributed by atoms with Crippen LogP contribution in [0.25, 0.3) is 83.9 Å². The predicted octanol–water partition coefficient (Wildman–Crippen LogP) is 11.3. The van der Waals surface area contributed by atoms with Crippen molar-refractivity contribution in [1.82, 2.24) is 19.5 Å². The predicted molar refractivity (Wildman–Crippen MR) is 201 cm³/mol. The van der Waals surface area contributed by atoms with Crippen LogP contribution in [0.4, 0.5) is 0 Å². The monoisotopic (exact) mass is 626 g/mol. The molecule has 0 spiro atoms. The average Bonchev–Trinajstić information content (AvgIpc) is 3.52. The fraction of sp³-hybridized carbons (Fsp3) is 0. The number of hydrogen-bond acceptors (Lipinski definition) is 3. The van der Waals surface area contributed by atoms with Crippen LogP contribution in [0.2, 0.25) is 0 Å². The van der Waals surface area contributed by atoms with Gasteiger partial charge in [0.25, 0.3) is 0 Å². The summed E-state index contributed by atoms with van der Waals surface area (Å²) in [5.74, 6) is 1.90. The third kappa shape index (κ3) is 5.35. The molecule has 0 bridgehead atoms. The fourth-order valence-electron chi connectivity index (χ4n) is 6.61. The van der Waals surface area contributed by atoms with Crippen LogP contribution in [-0.2, 0) is 0 Å². The SMILES string of the molecule is c1ccc(-c2ccc(-c3nc(-c4ccc(-c5ccccc5)cc4)nc(-c4ccc5c6ccccc6n(-c6ccccc6)c5c4)n3)cc2)cc1. The largest absolute Gasteiger partial charge is 0.309 e. The minimum absolute atomic E-state index is 0.631. The summed E-state index contributed by atoms with van der Waals surface area (Å²) in [6.07, 6.45) is 0. The van der Waals surface area contributed by atoms with E-state index < -0.39 is 0 Å². The summed E-state index contributed by atoms with van der Waals surface area (Å²) in [6, 6.07) is 63.3. The van der Waals surface area contributed by atoms with E-state index in [-0.39, 0.29) is 0 Å². The molecular formula is C45H30N4. The van der Waals surface area contributed by atoms with Gasteiger partial charge in [-0.25, -0.2) is 15.0 Å². The first-order valence-electron chi connectivity index (χ1n) is 16.5. The Morgan fingerprint density at radius 2 is 0.673 bits per heavy atom. The maximum absolute atomic E-state index is 5.10. The van der Waals surface area contributed by atoms with Gasteiger partial charge in [-0.05, 0) is 46.5 Å². The summed E-state index contributed by atoms with van der Waals surface area (Å²) in [5.41, 5.74) is 10.8. The number of benzene rings is 7. The third-order valence-corrected chi connectivity index (χ3v) is 9.08. The molecular weight excluding hydrogens is 597 g/mol. The van der Waals surface area contributed by atoms with Gasteiger partial charge in [0.2, 0.25) is 0 Å².